The average Bonchev–Trinajstić information content (AvgIpc) is 1.57. The molecule has 730 valence electrons. The maximum Gasteiger partial charge on any atom is 0.0648 e. The first-order chi connectivity index (χ1) is 68.0. The molecule has 20 rings (SSSR count). The average molecular weight is 1900 g/mol. The second kappa shape index (κ2) is 57.4. The van der Waals surface area contributed by atoms with E-state index in [0.29, 0.717) is 35.4 Å². The van der Waals surface area contributed by atoms with Gasteiger partial charge in [0, 0.05) is 104 Å². The van der Waals surface area contributed by atoms with Gasteiger partial charge in [-0.25, -0.2) is 0 Å². The highest BCUT2D eigenvalue weighted by molar-refractivity contribution is 6.34. The van der Waals surface area contributed by atoms with Crippen LogP contribution < -0.4 is 11.1 Å². The third-order valence-corrected chi connectivity index (χ3v) is 23.3. The van der Waals surface area contributed by atoms with Gasteiger partial charge in [0.2, 0.25) is 0 Å². The van der Waals surface area contributed by atoms with Crippen LogP contribution in [0, 0.1) is 13.8 Å². The molecule has 0 spiro atoms. The number of rotatable bonds is 14. The Balaban J connectivity index is 0.000000266. The molecule has 0 saturated heterocycles. The second-order valence-electron chi connectivity index (χ2n) is 31.3. The molecule has 0 bridgehead atoms. The van der Waals surface area contributed by atoms with Gasteiger partial charge in [-0.05, 0) is 217 Å². The maximum atomic E-state index is 6.39. The van der Waals surface area contributed by atoms with Crippen LogP contribution in [0.2, 0.25) is 10.0 Å². The maximum absolute atomic E-state index is 6.39. The van der Waals surface area contributed by atoms with Crippen LogP contribution >= 0.6 is 23.2 Å². The van der Waals surface area contributed by atoms with Crippen LogP contribution in [0.5, 0.6) is 0 Å². The number of para-hydroxylation sites is 3. The monoisotopic (exact) mass is 1900 g/mol. The van der Waals surface area contributed by atoms with Crippen LogP contribution in [-0.2, 0) is 19.6 Å². The Bertz CT molecular complexity index is 7670. The normalized spacial score (nSPS) is 10.6. The number of aromatic amines is 2. The number of hydrogen-bond acceptors (Lipinski definition) is 5. The van der Waals surface area contributed by atoms with Crippen molar-refractivity contribution in [3.8, 4) is 0 Å². The van der Waals surface area contributed by atoms with Crippen molar-refractivity contribution in [3.05, 3.63) is 380 Å². The lowest BCUT2D eigenvalue weighted by Gasteiger charge is -2.11. The van der Waals surface area contributed by atoms with Gasteiger partial charge in [-0.2, -0.15) is 0 Å². The van der Waals surface area contributed by atoms with Crippen molar-refractivity contribution in [2.75, 3.05) is 11.1 Å². The fourth-order valence-corrected chi connectivity index (χ4v) is 16.6. The van der Waals surface area contributed by atoms with Crippen molar-refractivity contribution in [2.45, 2.75) is 213 Å². The highest BCUT2D eigenvalue weighted by Gasteiger charge is 2.21. The number of aliphatic imine (C=N–C) groups is 3. The highest BCUT2D eigenvalue weighted by atomic mass is 35.5. The van der Waals surface area contributed by atoms with Crippen LogP contribution in [0.25, 0.3) is 152 Å². The fraction of sp³-hybridized carbons (Fsp3) is 0.242. The number of H-pyrrole nitrogens is 2. The molecule has 5 aromatic heterocycles. The summed E-state index contributed by atoms with van der Waals surface area (Å²) in [7, 11) is 0. The highest BCUT2D eigenvalue weighted by Crippen LogP contribution is 2.43. The SMILES string of the molecule is C=C(Cn1c2cc(C)ccc2c2c3ccccc3ccc21)N=C(C)C(=C)C.C=C(Cn1c2cc(Nc3ccccc3Cl)ccc2c2c3ccccc3ccc21)N=C(C)C(=C)C.C=C(Cn1c2cc3[nH]c4ccccc4c3cc2c2c3ccccc3ccc21)N=C(C)C(=C)C.CC.CC.CC.CC.CC.CC.CC.CC.CC.CC.Cc1ccc2c(c1)[nH]c1ccc3ccccc3c12.Nc1ccccc1Cl. The van der Waals surface area contributed by atoms with Crippen LogP contribution in [-0.4, -0.2) is 40.8 Å². The molecule has 15 aromatic carbocycles. The summed E-state index contributed by atoms with van der Waals surface area (Å²) in [5.74, 6) is 0. The number of halogens is 2. The number of aromatic nitrogens is 5. The number of nitrogens with two attached hydrogens (primary N) is 1. The topological polar surface area (TPSA) is 121 Å². The Hall–Kier alpha value is -14.0. The third-order valence-electron chi connectivity index (χ3n) is 22.6. The molecule has 0 saturated carbocycles. The van der Waals surface area contributed by atoms with Crippen molar-refractivity contribution >= 4 is 210 Å². The first-order valence-corrected chi connectivity index (χ1v) is 51.0. The van der Waals surface area contributed by atoms with E-state index in [0.717, 1.165) is 84.4 Å². The van der Waals surface area contributed by atoms with Crippen molar-refractivity contribution in [2.24, 2.45) is 15.0 Å². The Morgan fingerprint density at radius 2 is 0.607 bits per heavy atom. The van der Waals surface area contributed by atoms with Gasteiger partial charge in [0.25, 0.3) is 0 Å². The lowest BCUT2D eigenvalue weighted by atomic mass is 10.0. The van der Waals surface area contributed by atoms with Crippen molar-refractivity contribution < 1.29 is 0 Å². The quantitative estimate of drug-likeness (QED) is 0.0640. The zero-order chi connectivity index (χ0) is 104. The van der Waals surface area contributed by atoms with Crippen molar-refractivity contribution in [1.29, 1.82) is 0 Å². The second-order valence-corrected chi connectivity index (χ2v) is 32.1. The van der Waals surface area contributed by atoms with Gasteiger partial charge in [-0.1, -0.05) is 395 Å². The summed E-state index contributed by atoms with van der Waals surface area (Å²) >= 11 is 12.0. The third kappa shape index (κ3) is 27.3. The molecule has 5 heterocycles. The van der Waals surface area contributed by atoms with E-state index in [2.05, 4.69) is 324 Å². The van der Waals surface area contributed by atoms with Gasteiger partial charge in [0.05, 0.1) is 85.7 Å². The van der Waals surface area contributed by atoms with Crippen LogP contribution in [0.3, 0.4) is 0 Å². The number of hydrogen-bond donors (Lipinski definition) is 4. The standard InChI is InChI=1S/C30H26ClN3.C30H25N3.C25H24N2.C17H13N.C6H6ClN.10C2H6/c1-19(2)21(4)32-20(3)18-34-28-16-13-22-9-5-6-10-24(22)30(28)25-15-14-23(17-29(25)34)33-27-12-8-7-11-26(27)31;1-18(2)20(4)31-19(3)17-33-28-14-13-21-9-5-6-10-22(21)30(28)25-15-24-23-11-7-8-12-26(23)32-27(24)16-29(25)33;1-16(2)19(5)26-18(4)15-27-23-13-11-20-8-6-7-9-21(20)25(23)22-12-10-17(3)14-24(22)27;1-11-6-8-14-16(10-11)18-15-9-7-12-4-2-3-5-13(12)17(14)15;7-5-3-1-2-4-6(5)8;10*1-2/h5-17,33H,1,3,18H2,2,4H3;5-16,32H,1,3,17H2,2,4H3;6-14H,1,4,15H2,2-3,5H3;2-10,18H,1H3;1-4H,8H2;10*1-2H3. The van der Waals surface area contributed by atoms with Gasteiger partial charge < -0.3 is 34.7 Å². The molecule has 140 heavy (non-hydrogen) atoms. The zero-order valence-electron chi connectivity index (χ0n) is 89.0. The molecule has 10 nitrogen and oxygen atoms in total. The summed E-state index contributed by atoms with van der Waals surface area (Å²) in [4.78, 5) is 21.2. The lowest BCUT2D eigenvalue weighted by molar-refractivity contribution is 0.842. The Labute approximate surface area is 846 Å². The Morgan fingerprint density at radius 1 is 0.279 bits per heavy atom. The summed E-state index contributed by atoms with van der Waals surface area (Å²) < 4.78 is 6.98. The number of aryl methyl sites for hydroxylation is 2. The first-order valence-electron chi connectivity index (χ1n) is 50.3. The predicted molar refractivity (Wildman–Crippen MR) is 638 cm³/mol. The summed E-state index contributed by atoms with van der Waals surface area (Å²) in [5, 5.41) is 27.6. The van der Waals surface area contributed by atoms with E-state index in [1.54, 1.807) is 12.1 Å². The van der Waals surface area contributed by atoms with E-state index in [-0.39, 0.29) is 0 Å². The summed E-state index contributed by atoms with van der Waals surface area (Å²) in [5.41, 5.74) is 30.3. The molecular formula is C128H154Cl2N10. The molecule has 0 atom stereocenters. The minimum absolute atomic E-state index is 0.582. The van der Waals surface area contributed by atoms with E-state index in [4.69, 9.17) is 38.9 Å². The number of nitrogens with zero attached hydrogens (tertiary/aromatic N) is 6. The summed E-state index contributed by atoms with van der Waals surface area (Å²) in [6.45, 7) is 82.7. The molecule has 0 aliphatic rings. The minimum atomic E-state index is 0.582. The van der Waals surface area contributed by atoms with E-state index in [9.17, 15) is 0 Å². The van der Waals surface area contributed by atoms with E-state index < -0.39 is 0 Å². The number of anilines is 3. The molecule has 0 radical (unpaired) electrons. The van der Waals surface area contributed by atoms with Gasteiger partial charge in [-0.3, -0.25) is 15.0 Å². The van der Waals surface area contributed by atoms with E-state index in [1.165, 1.54) is 141 Å². The fourth-order valence-electron chi connectivity index (χ4n) is 16.3. The number of nitrogen functional groups attached to an aromatic ring is 1. The van der Waals surface area contributed by atoms with Crippen LogP contribution in [0.15, 0.2) is 373 Å². The van der Waals surface area contributed by atoms with Crippen molar-refractivity contribution in [3.63, 3.8) is 0 Å². The molecule has 0 aliphatic carbocycles. The van der Waals surface area contributed by atoms with E-state index in [1.807, 2.05) is 216 Å². The largest absolute Gasteiger partial charge is 0.398 e. The van der Waals surface area contributed by atoms with Gasteiger partial charge in [-0.15, -0.1) is 0 Å². The molecule has 5 N–H and O–H groups in total. The molecule has 0 amide bonds. The molecule has 20 aromatic rings. The summed E-state index contributed by atoms with van der Waals surface area (Å²) in [6.07, 6.45) is 0. The van der Waals surface area contributed by atoms with Gasteiger partial charge in [0.15, 0.2) is 0 Å². The predicted octanol–water partition coefficient (Wildman–Crippen LogP) is 40.8. The number of nitrogens with one attached hydrogen (secondary N) is 3. The van der Waals surface area contributed by atoms with E-state index >= 15 is 0 Å². The molecular weight excluding hydrogens is 1750 g/mol. The first kappa shape index (κ1) is 115. The van der Waals surface area contributed by atoms with Crippen molar-refractivity contribution in [1.82, 2.24) is 23.7 Å². The minimum Gasteiger partial charge on any atom is -0.398 e. The molecule has 12 heteroatoms. The Kier molecular flexibility index (Phi) is 47.0. The number of allylic oxidation sites excluding steroid dienone is 6. The van der Waals surface area contributed by atoms with Gasteiger partial charge in [0.1, 0.15) is 0 Å². The smallest absolute Gasteiger partial charge is 0.0648 e. The Morgan fingerprint density at radius 3 is 1.02 bits per heavy atom. The lowest BCUT2D eigenvalue weighted by Crippen LogP contribution is -2.02. The summed E-state index contributed by atoms with van der Waals surface area (Å²) in [6, 6.07) is 99.8. The van der Waals surface area contributed by atoms with Gasteiger partial charge >= 0.3 is 0 Å². The van der Waals surface area contributed by atoms with Crippen LogP contribution in [0.4, 0.5) is 17.1 Å². The molecule has 0 unspecified atom stereocenters. The van der Waals surface area contributed by atoms with Crippen LogP contribution in [0.1, 0.15) is 191 Å². The zero-order valence-corrected chi connectivity index (χ0v) is 90.5. The molecule has 0 fully saturated rings. The molecule has 0 aliphatic heterocycles. The number of benzene rings is 15. The number of fused-ring (bicyclic) bond motifs is 23.